The standard InChI is InChI=1S/C18H14ClN3/c19-14-6-8-17(9-7-14)21-22-18-12-10-16(11-13-18)20-15-4-2-1-3-5-15/h1-13,20H. The second kappa shape index (κ2) is 6.87. The van der Waals surface area contributed by atoms with Crippen LogP contribution in [0.4, 0.5) is 22.7 Å². The highest BCUT2D eigenvalue weighted by atomic mass is 35.5. The predicted molar refractivity (Wildman–Crippen MR) is 91.8 cm³/mol. The maximum Gasteiger partial charge on any atom is 0.0858 e. The third-order valence-electron chi connectivity index (χ3n) is 3.04. The molecule has 3 nitrogen and oxygen atoms in total. The van der Waals surface area contributed by atoms with Gasteiger partial charge in [-0.2, -0.15) is 10.2 Å². The molecule has 0 aliphatic carbocycles. The Labute approximate surface area is 134 Å². The highest BCUT2D eigenvalue weighted by molar-refractivity contribution is 6.30. The van der Waals surface area contributed by atoms with E-state index in [0.29, 0.717) is 5.02 Å². The van der Waals surface area contributed by atoms with Crippen molar-refractivity contribution in [1.29, 1.82) is 0 Å². The average molecular weight is 308 g/mol. The number of nitrogens with one attached hydrogen (secondary N) is 1. The van der Waals surface area contributed by atoms with Gasteiger partial charge in [0.15, 0.2) is 0 Å². The number of hydrogen-bond donors (Lipinski definition) is 1. The van der Waals surface area contributed by atoms with E-state index in [1.807, 2.05) is 66.7 Å². The molecule has 0 bridgehead atoms. The molecule has 4 heteroatoms. The first kappa shape index (κ1) is 14.3. The van der Waals surface area contributed by atoms with Crippen LogP contribution in [0.25, 0.3) is 0 Å². The Morgan fingerprint density at radius 3 is 1.68 bits per heavy atom. The van der Waals surface area contributed by atoms with E-state index < -0.39 is 0 Å². The van der Waals surface area contributed by atoms with E-state index in [2.05, 4.69) is 15.5 Å². The van der Waals surface area contributed by atoms with Crippen LogP contribution >= 0.6 is 11.6 Å². The fourth-order valence-corrected chi connectivity index (χ4v) is 2.05. The molecule has 3 aromatic carbocycles. The molecule has 0 atom stereocenters. The predicted octanol–water partition coefficient (Wildman–Crippen LogP) is 6.50. The molecule has 0 amide bonds. The summed E-state index contributed by atoms with van der Waals surface area (Å²) in [6.07, 6.45) is 0. The van der Waals surface area contributed by atoms with Crippen molar-refractivity contribution in [2.45, 2.75) is 0 Å². The molecule has 0 saturated heterocycles. The van der Waals surface area contributed by atoms with Crippen LogP contribution in [0, 0.1) is 0 Å². The number of rotatable bonds is 4. The SMILES string of the molecule is Clc1ccc(N=Nc2ccc(Nc3ccccc3)cc2)cc1. The Morgan fingerprint density at radius 1 is 0.591 bits per heavy atom. The molecule has 108 valence electrons. The molecular weight excluding hydrogens is 294 g/mol. The minimum Gasteiger partial charge on any atom is -0.356 e. The Balaban J connectivity index is 1.67. The lowest BCUT2D eigenvalue weighted by molar-refractivity contribution is 1.23. The number of nitrogens with zero attached hydrogens (tertiary/aromatic N) is 2. The van der Waals surface area contributed by atoms with Gasteiger partial charge in [0.05, 0.1) is 11.4 Å². The van der Waals surface area contributed by atoms with E-state index >= 15 is 0 Å². The zero-order valence-electron chi connectivity index (χ0n) is 11.8. The Hall–Kier alpha value is -2.65. The molecule has 0 aliphatic rings. The summed E-state index contributed by atoms with van der Waals surface area (Å²) in [4.78, 5) is 0. The Bertz CT molecular complexity index is 751. The lowest BCUT2D eigenvalue weighted by Gasteiger charge is -2.05. The fraction of sp³-hybridized carbons (Fsp3) is 0. The monoisotopic (exact) mass is 307 g/mol. The van der Waals surface area contributed by atoms with Crippen molar-refractivity contribution in [1.82, 2.24) is 0 Å². The van der Waals surface area contributed by atoms with Gasteiger partial charge in [-0.25, -0.2) is 0 Å². The quantitative estimate of drug-likeness (QED) is 0.549. The van der Waals surface area contributed by atoms with Crippen LogP contribution in [0.2, 0.25) is 5.02 Å². The zero-order chi connectivity index (χ0) is 15.2. The first-order chi connectivity index (χ1) is 10.8. The number of benzene rings is 3. The molecule has 0 unspecified atom stereocenters. The molecule has 22 heavy (non-hydrogen) atoms. The number of azo groups is 1. The lowest BCUT2D eigenvalue weighted by Crippen LogP contribution is -1.88. The van der Waals surface area contributed by atoms with Gasteiger partial charge >= 0.3 is 0 Å². The highest BCUT2D eigenvalue weighted by Gasteiger charge is 1.95. The molecular formula is C18H14ClN3. The third kappa shape index (κ3) is 3.93. The van der Waals surface area contributed by atoms with Crippen molar-refractivity contribution in [2.75, 3.05) is 5.32 Å². The molecule has 0 radical (unpaired) electrons. The molecule has 3 rings (SSSR count). The molecule has 3 aromatic rings. The van der Waals surface area contributed by atoms with Crippen LogP contribution in [0.5, 0.6) is 0 Å². The molecule has 0 aliphatic heterocycles. The summed E-state index contributed by atoms with van der Waals surface area (Å²) in [6.45, 7) is 0. The van der Waals surface area contributed by atoms with Gasteiger partial charge in [-0.15, -0.1) is 0 Å². The van der Waals surface area contributed by atoms with Crippen LogP contribution in [0.15, 0.2) is 89.1 Å². The third-order valence-corrected chi connectivity index (χ3v) is 3.29. The van der Waals surface area contributed by atoms with Crippen LogP contribution in [0.1, 0.15) is 0 Å². The summed E-state index contributed by atoms with van der Waals surface area (Å²) < 4.78 is 0. The van der Waals surface area contributed by atoms with Crippen LogP contribution in [-0.4, -0.2) is 0 Å². The Kier molecular flexibility index (Phi) is 4.47. The number of anilines is 2. The summed E-state index contributed by atoms with van der Waals surface area (Å²) in [5.41, 5.74) is 3.64. The molecule has 0 fully saturated rings. The van der Waals surface area contributed by atoms with Crippen LogP contribution in [0.3, 0.4) is 0 Å². The number of hydrogen-bond acceptors (Lipinski definition) is 3. The molecule has 0 aromatic heterocycles. The summed E-state index contributed by atoms with van der Waals surface area (Å²) in [6, 6.07) is 25.1. The van der Waals surface area contributed by atoms with Gasteiger partial charge in [0, 0.05) is 16.4 Å². The summed E-state index contributed by atoms with van der Waals surface area (Å²) >= 11 is 5.83. The van der Waals surface area contributed by atoms with Crippen LogP contribution < -0.4 is 5.32 Å². The first-order valence-electron chi connectivity index (χ1n) is 6.89. The Morgan fingerprint density at radius 2 is 1.09 bits per heavy atom. The minimum absolute atomic E-state index is 0.690. The topological polar surface area (TPSA) is 36.8 Å². The van der Waals surface area contributed by atoms with Crippen molar-refractivity contribution >= 4 is 34.4 Å². The molecule has 1 N–H and O–H groups in total. The van der Waals surface area contributed by atoms with Crippen molar-refractivity contribution in [2.24, 2.45) is 10.2 Å². The van der Waals surface area contributed by atoms with Crippen molar-refractivity contribution in [3.8, 4) is 0 Å². The molecule has 0 spiro atoms. The van der Waals surface area contributed by atoms with Gasteiger partial charge in [0.1, 0.15) is 0 Å². The van der Waals surface area contributed by atoms with Gasteiger partial charge in [0.2, 0.25) is 0 Å². The van der Waals surface area contributed by atoms with E-state index in [9.17, 15) is 0 Å². The zero-order valence-corrected chi connectivity index (χ0v) is 12.5. The summed E-state index contributed by atoms with van der Waals surface area (Å²) in [5.74, 6) is 0. The normalized spacial score (nSPS) is 10.8. The minimum atomic E-state index is 0.690. The molecule has 0 saturated carbocycles. The lowest BCUT2D eigenvalue weighted by atomic mass is 10.2. The average Bonchev–Trinajstić information content (AvgIpc) is 2.57. The van der Waals surface area contributed by atoms with Crippen molar-refractivity contribution in [3.05, 3.63) is 83.9 Å². The highest BCUT2D eigenvalue weighted by Crippen LogP contribution is 2.23. The number of halogens is 1. The van der Waals surface area contributed by atoms with E-state index in [1.54, 1.807) is 12.1 Å². The van der Waals surface area contributed by atoms with Gasteiger partial charge in [0.25, 0.3) is 0 Å². The van der Waals surface area contributed by atoms with Crippen molar-refractivity contribution in [3.63, 3.8) is 0 Å². The van der Waals surface area contributed by atoms with E-state index in [-0.39, 0.29) is 0 Å². The molecule has 0 heterocycles. The van der Waals surface area contributed by atoms with Gasteiger partial charge in [-0.05, 0) is 60.7 Å². The maximum absolute atomic E-state index is 5.83. The maximum atomic E-state index is 5.83. The summed E-state index contributed by atoms with van der Waals surface area (Å²) in [7, 11) is 0. The van der Waals surface area contributed by atoms with Gasteiger partial charge < -0.3 is 5.32 Å². The van der Waals surface area contributed by atoms with Gasteiger partial charge in [-0.1, -0.05) is 29.8 Å². The smallest absolute Gasteiger partial charge is 0.0858 e. The van der Waals surface area contributed by atoms with Gasteiger partial charge in [-0.3, -0.25) is 0 Å². The van der Waals surface area contributed by atoms with Crippen molar-refractivity contribution < 1.29 is 0 Å². The fourth-order valence-electron chi connectivity index (χ4n) is 1.92. The second-order valence-electron chi connectivity index (χ2n) is 4.71. The van der Waals surface area contributed by atoms with E-state index in [1.165, 1.54) is 0 Å². The summed E-state index contributed by atoms with van der Waals surface area (Å²) in [5, 5.41) is 12.4. The van der Waals surface area contributed by atoms with E-state index in [0.717, 1.165) is 22.7 Å². The number of para-hydroxylation sites is 1. The second-order valence-corrected chi connectivity index (χ2v) is 5.15. The first-order valence-corrected chi connectivity index (χ1v) is 7.27. The van der Waals surface area contributed by atoms with Crippen LogP contribution in [-0.2, 0) is 0 Å². The largest absolute Gasteiger partial charge is 0.356 e. The van der Waals surface area contributed by atoms with E-state index in [4.69, 9.17) is 11.6 Å².